The van der Waals surface area contributed by atoms with Gasteiger partial charge in [-0.05, 0) is 32.0 Å². The lowest BCUT2D eigenvalue weighted by Gasteiger charge is -2.07. The molecule has 0 atom stereocenters. The standard InChI is InChI=1S/C14H14N2O3/c1-8-9(2)19-14(15-8)10-3-4-12-11(7-10)16-13(17)5-6-18-12/h3-4,7H,5-6H2,1-2H3,(H,16,17). The van der Waals surface area contributed by atoms with E-state index in [2.05, 4.69) is 10.3 Å². The quantitative estimate of drug-likeness (QED) is 0.854. The fraction of sp³-hybridized carbons (Fsp3) is 0.286. The number of aryl methyl sites for hydroxylation is 2. The molecule has 0 aliphatic carbocycles. The maximum Gasteiger partial charge on any atom is 0.227 e. The molecule has 98 valence electrons. The number of oxazole rings is 1. The molecule has 1 N–H and O–H groups in total. The van der Waals surface area contributed by atoms with Crippen molar-refractivity contribution in [2.75, 3.05) is 11.9 Å². The summed E-state index contributed by atoms with van der Waals surface area (Å²) < 4.78 is 11.1. The van der Waals surface area contributed by atoms with E-state index >= 15 is 0 Å². The average molecular weight is 258 g/mol. The molecule has 19 heavy (non-hydrogen) atoms. The SMILES string of the molecule is Cc1nc(-c2ccc3c(c2)NC(=O)CCO3)oc1C. The molecule has 1 amide bonds. The van der Waals surface area contributed by atoms with Crippen molar-refractivity contribution in [3.63, 3.8) is 0 Å². The van der Waals surface area contributed by atoms with Crippen LogP contribution in [0.3, 0.4) is 0 Å². The van der Waals surface area contributed by atoms with E-state index in [0.717, 1.165) is 17.0 Å². The van der Waals surface area contributed by atoms with Crippen LogP contribution in [-0.4, -0.2) is 17.5 Å². The number of rotatable bonds is 1. The monoisotopic (exact) mass is 258 g/mol. The maximum absolute atomic E-state index is 11.5. The van der Waals surface area contributed by atoms with Crippen molar-refractivity contribution in [3.05, 3.63) is 29.7 Å². The van der Waals surface area contributed by atoms with Crippen molar-refractivity contribution >= 4 is 11.6 Å². The number of nitrogens with one attached hydrogen (secondary N) is 1. The zero-order valence-corrected chi connectivity index (χ0v) is 10.8. The van der Waals surface area contributed by atoms with Crippen LogP contribution in [0.25, 0.3) is 11.5 Å². The van der Waals surface area contributed by atoms with Gasteiger partial charge in [0.05, 0.1) is 24.4 Å². The molecule has 0 spiro atoms. The Hall–Kier alpha value is -2.30. The van der Waals surface area contributed by atoms with Crippen molar-refractivity contribution < 1.29 is 13.9 Å². The summed E-state index contributed by atoms with van der Waals surface area (Å²) in [5, 5.41) is 2.82. The first-order chi connectivity index (χ1) is 9.13. The molecule has 0 saturated heterocycles. The van der Waals surface area contributed by atoms with Gasteiger partial charge >= 0.3 is 0 Å². The van der Waals surface area contributed by atoms with E-state index in [1.165, 1.54) is 0 Å². The van der Waals surface area contributed by atoms with E-state index in [1.54, 1.807) is 0 Å². The number of nitrogens with zero attached hydrogens (tertiary/aromatic N) is 1. The van der Waals surface area contributed by atoms with Crippen molar-refractivity contribution in [3.8, 4) is 17.2 Å². The summed E-state index contributed by atoms with van der Waals surface area (Å²) in [4.78, 5) is 15.9. The molecule has 2 aromatic rings. The molecular formula is C14H14N2O3. The van der Waals surface area contributed by atoms with Gasteiger partial charge in [0.25, 0.3) is 0 Å². The van der Waals surface area contributed by atoms with Gasteiger partial charge in [0.2, 0.25) is 11.8 Å². The molecule has 0 radical (unpaired) electrons. The Kier molecular flexibility index (Phi) is 2.74. The molecule has 2 heterocycles. The van der Waals surface area contributed by atoms with Crippen molar-refractivity contribution in [2.45, 2.75) is 20.3 Å². The van der Waals surface area contributed by atoms with Crippen LogP contribution in [0.2, 0.25) is 0 Å². The third kappa shape index (κ3) is 2.19. The number of aromatic nitrogens is 1. The van der Waals surface area contributed by atoms with Crippen LogP contribution < -0.4 is 10.1 Å². The number of anilines is 1. The second-order valence-electron chi connectivity index (χ2n) is 4.52. The van der Waals surface area contributed by atoms with Crippen LogP contribution in [0.4, 0.5) is 5.69 Å². The predicted octanol–water partition coefficient (Wildman–Crippen LogP) is 2.68. The lowest BCUT2D eigenvalue weighted by Crippen LogP contribution is -2.10. The zero-order valence-electron chi connectivity index (χ0n) is 10.8. The van der Waals surface area contributed by atoms with Gasteiger partial charge in [0, 0.05) is 5.56 Å². The fourth-order valence-corrected chi connectivity index (χ4v) is 1.95. The molecule has 1 aromatic heterocycles. The van der Waals surface area contributed by atoms with Crippen molar-refractivity contribution in [2.24, 2.45) is 0 Å². The average Bonchev–Trinajstić information content (AvgIpc) is 2.60. The highest BCUT2D eigenvalue weighted by Crippen LogP contribution is 2.32. The van der Waals surface area contributed by atoms with E-state index < -0.39 is 0 Å². The van der Waals surface area contributed by atoms with Crippen LogP contribution in [0.5, 0.6) is 5.75 Å². The number of carbonyl (C=O) groups is 1. The van der Waals surface area contributed by atoms with E-state index in [9.17, 15) is 4.79 Å². The van der Waals surface area contributed by atoms with Gasteiger partial charge in [0.15, 0.2) is 0 Å². The van der Waals surface area contributed by atoms with Crippen molar-refractivity contribution in [1.82, 2.24) is 4.98 Å². The molecule has 0 fully saturated rings. The van der Waals surface area contributed by atoms with Gasteiger partial charge in [0.1, 0.15) is 11.5 Å². The number of ether oxygens (including phenoxy) is 1. The zero-order chi connectivity index (χ0) is 13.4. The second-order valence-corrected chi connectivity index (χ2v) is 4.52. The first-order valence-electron chi connectivity index (χ1n) is 6.14. The van der Waals surface area contributed by atoms with E-state index in [4.69, 9.17) is 9.15 Å². The van der Waals surface area contributed by atoms with Crippen LogP contribution in [0.15, 0.2) is 22.6 Å². The highest BCUT2D eigenvalue weighted by molar-refractivity contribution is 5.93. The molecule has 0 bridgehead atoms. The minimum Gasteiger partial charge on any atom is -0.491 e. The van der Waals surface area contributed by atoms with Gasteiger partial charge < -0.3 is 14.5 Å². The number of hydrogen-bond donors (Lipinski definition) is 1. The van der Waals surface area contributed by atoms with Crippen molar-refractivity contribution in [1.29, 1.82) is 0 Å². The Bertz CT molecular complexity index is 627. The molecule has 0 saturated carbocycles. The van der Waals surface area contributed by atoms with Crippen LogP contribution in [0.1, 0.15) is 17.9 Å². The van der Waals surface area contributed by atoms with Crippen LogP contribution in [0, 0.1) is 13.8 Å². The Morgan fingerprint density at radius 2 is 2.16 bits per heavy atom. The molecule has 1 aliphatic rings. The smallest absolute Gasteiger partial charge is 0.227 e. The molecule has 0 unspecified atom stereocenters. The minimum absolute atomic E-state index is 0.0457. The fourth-order valence-electron chi connectivity index (χ4n) is 1.95. The molecular weight excluding hydrogens is 244 g/mol. The lowest BCUT2D eigenvalue weighted by molar-refractivity contribution is -0.116. The molecule has 5 heteroatoms. The number of fused-ring (bicyclic) bond motifs is 1. The van der Waals surface area contributed by atoms with Gasteiger partial charge in [-0.1, -0.05) is 0 Å². The summed E-state index contributed by atoms with van der Waals surface area (Å²) in [6.07, 6.45) is 0.362. The summed E-state index contributed by atoms with van der Waals surface area (Å²) >= 11 is 0. The van der Waals surface area contributed by atoms with Gasteiger partial charge in [-0.3, -0.25) is 4.79 Å². The van der Waals surface area contributed by atoms with E-state index in [-0.39, 0.29) is 5.91 Å². The normalized spacial score (nSPS) is 14.3. The lowest BCUT2D eigenvalue weighted by atomic mass is 10.2. The van der Waals surface area contributed by atoms with Gasteiger partial charge in [-0.15, -0.1) is 0 Å². The Labute approximate surface area is 110 Å². The first-order valence-corrected chi connectivity index (χ1v) is 6.14. The van der Waals surface area contributed by atoms with E-state index in [0.29, 0.717) is 30.4 Å². The second kappa shape index (κ2) is 4.42. The molecule has 1 aromatic carbocycles. The Balaban J connectivity index is 2.02. The molecule has 3 rings (SSSR count). The third-order valence-corrected chi connectivity index (χ3v) is 3.12. The number of amides is 1. The summed E-state index contributed by atoms with van der Waals surface area (Å²) in [5.74, 6) is 1.98. The van der Waals surface area contributed by atoms with E-state index in [1.807, 2.05) is 32.0 Å². The summed E-state index contributed by atoms with van der Waals surface area (Å²) in [5.41, 5.74) is 2.35. The largest absolute Gasteiger partial charge is 0.491 e. The van der Waals surface area contributed by atoms with Gasteiger partial charge in [-0.2, -0.15) is 0 Å². The maximum atomic E-state index is 11.5. The minimum atomic E-state index is -0.0457. The Morgan fingerprint density at radius 3 is 2.89 bits per heavy atom. The predicted molar refractivity (Wildman–Crippen MR) is 70.2 cm³/mol. The number of hydrogen-bond acceptors (Lipinski definition) is 4. The number of benzene rings is 1. The topological polar surface area (TPSA) is 64.4 Å². The molecule has 1 aliphatic heterocycles. The molecule has 5 nitrogen and oxygen atoms in total. The summed E-state index contributed by atoms with van der Waals surface area (Å²) in [6, 6.07) is 5.52. The van der Waals surface area contributed by atoms with Gasteiger partial charge in [-0.25, -0.2) is 4.98 Å². The number of carbonyl (C=O) groups excluding carboxylic acids is 1. The summed E-state index contributed by atoms with van der Waals surface area (Å²) in [7, 11) is 0. The third-order valence-electron chi connectivity index (χ3n) is 3.12. The highest BCUT2D eigenvalue weighted by Gasteiger charge is 2.16. The van der Waals surface area contributed by atoms with Crippen LogP contribution >= 0.6 is 0 Å². The first kappa shape index (κ1) is 11.8. The van der Waals surface area contributed by atoms with Crippen LogP contribution in [-0.2, 0) is 4.79 Å². The Morgan fingerprint density at radius 1 is 1.32 bits per heavy atom. The summed E-state index contributed by atoms with van der Waals surface area (Å²) in [6.45, 7) is 4.17. The highest BCUT2D eigenvalue weighted by atomic mass is 16.5.